The summed E-state index contributed by atoms with van der Waals surface area (Å²) in [6.07, 6.45) is 34.5. The van der Waals surface area contributed by atoms with Gasteiger partial charge in [0.1, 0.15) is 0 Å². The summed E-state index contributed by atoms with van der Waals surface area (Å²) in [5, 5.41) is 0. The average Bonchev–Trinajstić information content (AvgIpc) is 3.07. The largest absolute Gasteiger partial charge is 0.462 e. The number of unbranched alkanes of at least 4 members (excludes halogenated alkanes) is 24. The Hall–Kier alpha value is -2.45. The van der Waals surface area contributed by atoms with Gasteiger partial charge in [-0.05, 0) is 56.7 Å². The fourth-order valence-corrected chi connectivity index (χ4v) is 6.34. The highest BCUT2D eigenvalue weighted by atomic mass is 32.2. The van der Waals surface area contributed by atoms with Crippen molar-refractivity contribution in [2.24, 2.45) is 0 Å². The summed E-state index contributed by atoms with van der Waals surface area (Å²) in [6, 6.07) is 3.28. The molecule has 0 saturated heterocycles. The van der Waals surface area contributed by atoms with Gasteiger partial charge in [0, 0.05) is 0 Å². The van der Waals surface area contributed by atoms with Gasteiger partial charge >= 0.3 is 11.9 Å². The molecule has 0 unspecified atom stereocenters. The van der Waals surface area contributed by atoms with E-state index < -0.39 is 27.0 Å². The number of carbonyl (C=O) groups excluding carboxylic acids is 2. The van der Waals surface area contributed by atoms with E-state index in [1.807, 2.05) is 12.2 Å². The van der Waals surface area contributed by atoms with Gasteiger partial charge < -0.3 is 9.47 Å². The Bertz CT molecular complexity index is 1110. The molecule has 1 N–H and O–H groups in total. The Balaban J connectivity index is 2.28. The quantitative estimate of drug-likeness (QED) is 0.0338. The molecule has 0 aliphatic heterocycles. The average molecular weight is 691 g/mol. The molecular weight excluding hydrogens is 624 g/mol. The molecule has 7 nitrogen and oxygen atoms in total. The fraction of sp³-hybridized carbons (Fsp3) is 0.700. The SMILES string of the molecule is C=CCCCCCCCCCCCCCCOC(=O)c1ccc(S(=O)(=O)O)cc1C(=O)OCCCCCCCCCCCCCCC=C. The van der Waals surface area contributed by atoms with Crippen LogP contribution in [0.25, 0.3) is 0 Å². The molecule has 1 aromatic carbocycles. The van der Waals surface area contributed by atoms with Crippen LogP contribution in [0, 0.1) is 0 Å². The number of ether oxygens (including phenoxy) is 2. The molecule has 0 fully saturated rings. The molecule has 274 valence electrons. The van der Waals surface area contributed by atoms with Crippen molar-refractivity contribution in [1.82, 2.24) is 0 Å². The van der Waals surface area contributed by atoms with Gasteiger partial charge in [0.25, 0.3) is 10.1 Å². The van der Waals surface area contributed by atoms with E-state index in [9.17, 15) is 22.6 Å². The van der Waals surface area contributed by atoms with Gasteiger partial charge in [-0.25, -0.2) is 9.59 Å². The summed E-state index contributed by atoms with van der Waals surface area (Å²) in [4.78, 5) is 25.2. The van der Waals surface area contributed by atoms with Gasteiger partial charge in [-0.3, -0.25) is 4.55 Å². The molecule has 8 heteroatoms. The maximum atomic E-state index is 12.9. The lowest BCUT2D eigenvalue weighted by Crippen LogP contribution is -2.16. The highest BCUT2D eigenvalue weighted by molar-refractivity contribution is 7.85. The van der Waals surface area contributed by atoms with Crippen LogP contribution < -0.4 is 0 Å². The molecule has 0 radical (unpaired) electrons. The van der Waals surface area contributed by atoms with Crippen LogP contribution >= 0.6 is 0 Å². The van der Waals surface area contributed by atoms with Crippen molar-refractivity contribution in [1.29, 1.82) is 0 Å². The summed E-state index contributed by atoms with van der Waals surface area (Å²) in [7, 11) is -4.56. The van der Waals surface area contributed by atoms with Crippen molar-refractivity contribution in [2.75, 3.05) is 13.2 Å². The maximum Gasteiger partial charge on any atom is 0.339 e. The number of rotatable bonds is 33. The second-order valence-electron chi connectivity index (χ2n) is 13.1. The monoisotopic (exact) mass is 690 g/mol. The third kappa shape index (κ3) is 23.0. The van der Waals surface area contributed by atoms with Crippen LogP contribution in [-0.4, -0.2) is 38.1 Å². The van der Waals surface area contributed by atoms with E-state index in [4.69, 9.17) is 9.47 Å². The summed E-state index contributed by atoms with van der Waals surface area (Å²) in [5.41, 5.74) is -0.280. The molecule has 0 aliphatic carbocycles. The Labute approximate surface area is 293 Å². The molecule has 0 bridgehead atoms. The number of carbonyl (C=O) groups is 2. The van der Waals surface area contributed by atoms with E-state index in [-0.39, 0.29) is 24.3 Å². The number of hydrogen-bond donors (Lipinski definition) is 1. The van der Waals surface area contributed by atoms with Crippen molar-refractivity contribution in [3.63, 3.8) is 0 Å². The predicted octanol–water partition coefficient (Wildman–Crippen LogP) is 11.8. The molecule has 0 atom stereocenters. The maximum absolute atomic E-state index is 12.9. The third-order valence-corrected chi connectivity index (χ3v) is 9.65. The van der Waals surface area contributed by atoms with Gasteiger partial charge in [-0.2, -0.15) is 8.42 Å². The first-order chi connectivity index (χ1) is 23.3. The van der Waals surface area contributed by atoms with E-state index in [0.717, 1.165) is 69.9 Å². The lowest BCUT2D eigenvalue weighted by Gasteiger charge is -2.11. The van der Waals surface area contributed by atoms with Gasteiger partial charge in [0.2, 0.25) is 0 Å². The van der Waals surface area contributed by atoms with E-state index in [2.05, 4.69) is 13.2 Å². The summed E-state index contributed by atoms with van der Waals surface area (Å²) >= 11 is 0. The van der Waals surface area contributed by atoms with Crippen LogP contribution in [0.3, 0.4) is 0 Å². The topological polar surface area (TPSA) is 107 Å². The van der Waals surface area contributed by atoms with Crippen molar-refractivity contribution in [2.45, 2.75) is 172 Å². The van der Waals surface area contributed by atoms with E-state index in [1.54, 1.807) is 0 Å². The lowest BCUT2D eigenvalue weighted by atomic mass is 10.0. The first kappa shape index (κ1) is 43.6. The number of benzene rings is 1. The molecule has 48 heavy (non-hydrogen) atoms. The first-order valence-corrected chi connectivity index (χ1v) is 20.4. The van der Waals surface area contributed by atoms with Crippen LogP contribution in [0.4, 0.5) is 0 Å². The summed E-state index contributed by atoms with van der Waals surface area (Å²) < 4.78 is 43.7. The van der Waals surface area contributed by atoms with Gasteiger partial charge in [-0.15, -0.1) is 13.2 Å². The van der Waals surface area contributed by atoms with E-state index in [1.165, 1.54) is 109 Å². The summed E-state index contributed by atoms with van der Waals surface area (Å²) in [5.74, 6) is -1.51. The van der Waals surface area contributed by atoms with Crippen molar-refractivity contribution in [3.8, 4) is 0 Å². The number of esters is 2. The zero-order valence-corrected chi connectivity index (χ0v) is 30.7. The molecule has 1 aromatic rings. The molecule has 0 heterocycles. The van der Waals surface area contributed by atoms with Crippen molar-refractivity contribution < 1.29 is 32.0 Å². The molecule has 0 aliphatic rings. The minimum Gasteiger partial charge on any atom is -0.462 e. The number of hydrogen-bond acceptors (Lipinski definition) is 6. The minimum absolute atomic E-state index is 0.0649. The lowest BCUT2D eigenvalue weighted by molar-refractivity contribution is 0.0450. The molecule has 1 rings (SSSR count). The van der Waals surface area contributed by atoms with Gasteiger partial charge in [0.05, 0.1) is 29.2 Å². The standard InChI is InChI=1S/C40H66O7S/c1-3-5-7-9-11-13-15-17-19-21-23-25-27-29-33-46-39(41)37-32-31-36(48(43,44)45)35-38(37)40(42)47-34-30-28-26-24-22-20-18-16-14-12-10-8-6-4-2/h3-4,31-32,35H,1-2,5-30,33-34H2,(H,43,44,45). The predicted molar refractivity (Wildman–Crippen MR) is 197 cm³/mol. The summed E-state index contributed by atoms with van der Waals surface area (Å²) in [6.45, 7) is 7.92. The number of allylic oxidation sites excluding steroid dienone is 2. The van der Waals surface area contributed by atoms with Crippen LogP contribution in [-0.2, 0) is 19.6 Å². The zero-order valence-electron chi connectivity index (χ0n) is 29.9. The highest BCUT2D eigenvalue weighted by Crippen LogP contribution is 2.20. The molecule has 0 saturated carbocycles. The van der Waals surface area contributed by atoms with Gasteiger partial charge in [0.15, 0.2) is 0 Å². The molecule has 0 spiro atoms. The van der Waals surface area contributed by atoms with Crippen LogP contribution in [0.5, 0.6) is 0 Å². The fourth-order valence-electron chi connectivity index (χ4n) is 5.83. The first-order valence-electron chi connectivity index (χ1n) is 19.0. The molecule has 0 amide bonds. The highest BCUT2D eigenvalue weighted by Gasteiger charge is 2.23. The Morgan fingerprint density at radius 3 is 1.17 bits per heavy atom. The third-order valence-electron chi connectivity index (χ3n) is 8.80. The Morgan fingerprint density at radius 2 is 0.833 bits per heavy atom. The second kappa shape index (κ2) is 29.5. The van der Waals surface area contributed by atoms with Crippen molar-refractivity contribution in [3.05, 3.63) is 54.6 Å². The van der Waals surface area contributed by atoms with Gasteiger partial charge in [-0.1, -0.05) is 141 Å². The van der Waals surface area contributed by atoms with E-state index in [0.29, 0.717) is 6.42 Å². The van der Waals surface area contributed by atoms with Crippen LogP contribution in [0.15, 0.2) is 48.4 Å². The van der Waals surface area contributed by atoms with E-state index >= 15 is 0 Å². The Morgan fingerprint density at radius 1 is 0.521 bits per heavy atom. The van der Waals surface area contributed by atoms with Crippen molar-refractivity contribution >= 4 is 22.1 Å². The Kier molecular flexibility index (Phi) is 26.7. The van der Waals surface area contributed by atoms with Crippen LogP contribution in [0.2, 0.25) is 0 Å². The second-order valence-corrected chi connectivity index (χ2v) is 14.5. The minimum atomic E-state index is -4.56. The zero-order chi connectivity index (χ0) is 35.1. The molecule has 0 aromatic heterocycles. The molecular formula is C40H66O7S. The van der Waals surface area contributed by atoms with Crippen LogP contribution in [0.1, 0.15) is 188 Å². The normalized spacial score (nSPS) is 11.4. The smallest absolute Gasteiger partial charge is 0.339 e.